The van der Waals surface area contributed by atoms with Gasteiger partial charge in [-0.25, -0.2) is 13.1 Å². The second kappa shape index (κ2) is 8.56. The third-order valence-electron chi connectivity index (χ3n) is 5.42. The monoisotopic (exact) mass is 422 g/mol. The van der Waals surface area contributed by atoms with Gasteiger partial charge in [0.1, 0.15) is 10.6 Å². The van der Waals surface area contributed by atoms with E-state index in [0.29, 0.717) is 13.2 Å². The lowest BCUT2D eigenvalue weighted by Gasteiger charge is -2.48. The standard InChI is InChI=1S/C18H25F3N2O4S/c19-18(20,21)27-15-6-2-3-7-16(15)28(24,25)22-14-17(8-4-1-5-9-17)23-10-12-26-13-11-23/h2-3,6-7,22H,1,4-5,8-14H2. The highest BCUT2D eigenvalue weighted by Gasteiger charge is 2.40. The van der Waals surface area contributed by atoms with E-state index in [0.717, 1.165) is 57.3 Å². The number of ether oxygens (including phenoxy) is 2. The van der Waals surface area contributed by atoms with Gasteiger partial charge in [0.05, 0.1) is 13.2 Å². The average molecular weight is 422 g/mol. The molecule has 1 aromatic rings. The molecule has 0 bridgehead atoms. The van der Waals surface area contributed by atoms with Crippen LogP contribution in [-0.4, -0.2) is 58.1 Å². The van der Waals surface area contributed by atoms with Crippen LogP contribution in [0.15, 0.2) is 29.2 Å². The lowest BCUT2D eigenvalue weighted by atomic mass is 9.80. The van der Waals surface area contributed by atoms with Crippen LogP contribution in [0.2, 0.25) is 0 Å². The Hall–Kier alpha value is -1.36. The molecule has 1 aliphatic heterocycles. The number of hydrogen-bond acceptors (Lipinski definition) is 5. The lowest BCUT2D eigenvalue weighted by molar-refractivity contribution is -0.275. The number of benzene rings is 1. The molecule has 1 saturated carbocycles. The van der Waals surface area contributed by atoms with Gasteiger partial charge in [0.2, 0.25) is 10.0 Å². The number of nitrogens with one attached hydrogen (secondary N) is 1. The molecule has 0 aromatic heterocycles. The van der Waals surface area contributed by atoms with Crippen molar-refractivity contribution in [3.63, 3.8) is 0 Å². The number of morpholine rings is 1. The molecular formula is C18H25F3N2O4S. The van der Waals surface area contributed by atoms with Crippen LogP contribution >= 0.6 is 0 Å². The van der Waals surface area contributed by atoms with E-state index < -0.39 is 27.0 Å². The highest BCUT2D eigenvalue weighted by atomic mass is 32.2. The Kier molecular flexibility index (Phi) is 6.53. The van der Waals surface area contributed by atoms with Crippen LogP contribution < -0.4 is 9.46 Å². The maximum Gasteiger partial charge on any atom is 0.573 e. The normalized spacial score (nSPS) is 21.4. The van der Waals surface area contributed by atoms with Gasteiger partial charge in [-0.2, -0.15) is 0 Å². The van der Waals surface area contributed by atoms with Crippen molar-refractivity contribution in [1.82, 2.24) is 9.62 Å². The summed E-state index contributed by atoms with van der Waals surface area (Å²) < 4.78 is 75.4. The largest absolute Gasteiger partial charge is 0.573 e. The molecule has 1 N–H and O–H groups in total. The number of alkyl halides is 3. The summed E-state index contributed by atoms with van der Waals surface area (Å²) in [4.78, 5) is 1.75. The van der Waals surface area contributed by atoms with Crippen LogP contribution in [-0.2, 0) is 14.8 Å². The van der Waals surface area contributed by atoms with Gasteiger partial charge in [-0.15, -0.1) is 13.2 Å². The molecule has 0 radical (unpaired) electrons. The minimum atomic E-state index is -4.97. The molecule has 1 aliphatic carbocycles. The van der Waals surface area contributed by atoms with E-state index in [1.807, 2.05) is 0 Å². The highest BCUT2D eigenvalue weighted by molar-refractivity contribution is 7.89. The number of para-hydroxylation sites is 1. The minimum absolute atomic E-state index is 0.148. The number of rotatable bonds is 6. The van der Waals surface area contributed by atoms with Crippen molar-refractivity contribution in [3.05, 3.63) is 24.3 Å². The predicted octanol–water partition coefficient (Wildman–Crippen LogP) is 2.90. The molecule has 3 rings (SSSR count). The first-order valence-electron chi connectivity index (χ1n) is 9.39. The molecular weight excluding hydrogens is 397 g/mol. The van der Waals surface area contributed by atoms with Gasteiger partial charge in [0.15, 0.2) is 0 Å². The summed E-state index contributed by atoms with van der Waals surface area (Å²) >= 11 is 0. The average Bonchev–Trinajstić information content (AvgIpc) is 2.67. The summed E-state index contributed by atoms with van der Waals surface area (Å²) in [6, 6.07) is 4.79. The lowest BCUT2D eigenvalue weighted by Crippen LogP contribution is -2.59. The summed E-state index contributed by atoms with van der Waals surface area (Å²) in [5.74, 6) is -0.730. The van der Waals surface area contributed by atoms with Crippen LogP contribution in [0.25, 0.3) is 0 Å². The Labute approximate surface area is 163 Å². The number of halogens is 3. The summed E-state index contributed by atoms with van der Waals surface area (Å²) in [7, 11) is -4.17. The molecule has 1 saturated heterocycles. The van der Waals surface area contributed by atoms with Crippen LogP contribution in [0.1, 0.15) is 32.1 Å². The maximum atomic E-state index is 12.8. The first-order chi connectivity index (χ1) is 13.2. The van der Waals surface area contributed by atoms with Gasteiger partial charge in [-0.05, 0) is 25.0 Å². The minimum Gasteiger partial charge on any atom is -0.404 e. The quantitative estimate of drug-likeness (QED) is 0.764. The van der Waals surface area contributed by atoms with Gasteiger partial charge in [-0.1, -0.05) is 31.4 Å². The predicted molar refractivity (Wildman–Crippen MR) is 96.5 cm³/mol. The van der Waals surface area contributed by atoms with Crippen molar-refractivity contribution in [2.45, 2.75) is 48.9 Å². The summed E-state index contributed by atoms with van der Waals surface area (Å²) in [5, 5.41) is 0. The van der Waals surface area contributed by atoms with Crippen LogP contribution in [0.3, 0.4) is 0 Å². The Balaban J connectivity index is 1.79. The summed E-state index contributed by atoms with van der Waals surface area (Å²) in [5.41, 5.74) is -0.338. The van der Waals surface area contributed by atoms with E-state index in [1.165, 1.54) is 12.1 Å². The fourth-order valence-electron chi connectivity index (χ4n) is 4.04. The highest BCUT2D eigenvalue weighted by Crippen LogP contribution is 2.35. The zero-order valence-electron chi connectivity index (χ0n) is 15.5. The molecule has 158 valence electrons. The van der Waals surface area contributed by atoms with E-state index in [1.54, 1.807) is 0 Å². The summed E-state index contributed by atoms with van der Waals surface area (Å²) in [6.45, 7) is 2.77. The molecule has 2 fully saturated rings. The molecule has 0 atom stereocenters. The summed E-state index contributed by atoms with van der Waals surface area (Å²) in [6.07, 6.45) is -0.197. The van der Waals surface area contributed by atoms with Crippen molar-refractivity contribution in [3.8, 4) is 5.75 Å². The number of sulfonamides is 1. The second-order valence-electron chi connectivity index (χ2n) is 7.20. The third-order valence-corrected chi connectivity index (χ3v) is 6.86. The third kappa shape index (κ3) is 5.16. The van der Waals surface area contributed by atoms with Crippen molar-refractivity contribution in [2.24, 2.45) is 0 Å². The van der Waals surface area contributed by atoms with E-state index in [4.69, 9.17) is 4.74 Å². The molecule has 10 heteroatoms. The van der Waals surface area contributed by atoms with Crippen LogP contribution in [0.4, 0.5) is 13.2 Å². The van der Waals surface area contributed by atoms with Crippen molar-refractivity contribution in [2.75, 3.05) is 32.8 Å². The van der Waals surface area contributed by atoms with Gasteiger partial charge in [-0.3, -0.25) is 4.90 Å². The second-order valence-corrected chi connectivity index (χ2v) is 8.94. The Morgan fingerprint density at radius 1 is 1.11 bits per heavy atom. The van der Waals surface area contributed by atoms with Gasteiger partial charge in [0.25, 0.3) is 0 Å². The fraction of sp³-hybridized carbons (Fsp3) is 0.667. The zero-order valence-corrected chi connectivity index (χ0v) is 16.3. The number of hydrogen-bond donors (Lipinski definition) is 1. The first kappa shape index (κ1) is 21.4. The molecule has 2 aliphatic rings. The molecule has 6 nitrogen and oxygen atoms in total. The van der Waals surface area contributed by atoms with E-state index in [9.17, 15) is 21.6 Å². The fourth-order valence-corrected chi connectivity index (χ4v) is 5.29. The Morgan fingerprint density at radius 2 is 1.75 bits per heavy atom. The van der Waals surface area contributed by atoms with Gasteiger partial charge in [0, 0.05) is 25.2 Å². The van der Waals surface area contributed by atoms with E-state index in [2.05, 4.69) is 14.4 Å². The Bertz CT molecular complexity index is 758. The molecule has 1 heterocycles. The van der Waals surface area contributed by atoms with Crippen LogP contribution in [0.5, 0.6) is 5.75 Å². The topological polar surface area (TPSA) is 67.9 Å². The van der Waals surface area contributed by atoms with Gasteiger partial charge >= 0.3 is 6.36 Å². The van der Waals surface area contributed by atoms with E-state index >= 15 is 0 Å². The van der Waals surface area contributed by atoms with Gasteiger partial charge < -0.3 is 9.47 Å². The smallest absolute Gasteiger partial charge is 0.404 e. The van der Waals surface area contributed by atoms with Crippen molar-refractivity contribution < 1.29 is 31.1 Å². The first-order valence-corrected chi connectivity index (χ1v) is 10.9. The Morgan fingerprint density at radius 3 is 2.39 bits per heavy atom. The molecule has 28 heavy (non-hydrogen) atoms. The van der Waals surface area contributed by atoms with Crippen molar-refractivity contribution in [1.29, 1.82) is 0 Å². The zero-order chi connectivity index (χ0) is 20.3. The maximum absolute atomic E-state index is 12.8. The SMILES string of the molecule is O=S(=O)(NCC1(N2CCOCC2)CCCCC1)c1ccccc1OC(F)(F)F. The van der Waals surface area contributed by atoms with E-state index in [-0.39, 0.29) is 12.1 Å². The van der Waals surface area contributed by atoms with Crippen molar-refractivity contribution >= 4 is 10.0 Å². The number of nitrogens with zero attached hydrogens (tertiary/aromatic N) is 1. The molecule has 1 aromatic carbocycles. The molecule has 0 unspecified atom stereocenters. The molecule has 0 spiro atoms. The molecule has 0 amide bonds. The van der Waals surface area contributed by atoms with Crippen LogP contribution in [0, 0.1) is 0 Å².